The average Bonchev–Trinajstić information content (AvgIpc) is 2.28. The number of Topliss-reactive ketones (excluding diaryl/α,β-unsaturated/α-hetero) is 1. The number of hydrogen-bond donors (Lipinski definition) is 2. The minimum Gasteiger partial charge on any atom is -0.480 e. The molecule has 92 valence electrons. The molecule has 1 unspecified atom stereocenters. The van der Waals surface area contributed by atoms with Crippen LogP contribution in [0, 0.1) is 0 Å². The standard InChI is InChI=1S/C11H11F2NO3/c1-10(14,9(16)17)11(12,13)8(15)7-5-3-2-4-6-7/h2-6H,14H2,1H3,(H,16,17). The first-order valence-electron chi connectivity index (χ1n) is 4.71. The van der Waals surface area contributed by atoms with Crippen molar-refractivity contribution in [1.29, 1.82) is 0 Å². The summed E-state index contributed by atoms with van der Waals surface area (Å²) >= 11 is 0. The summed E-state index contributed by atoms with van der Waals surface area (Å²) in [5.74, 6) is -7.72. The van der Waals surface area contributed by atoms with Gasteiger partial charge in [0.2, 0.25) is 5.78 Å². The highest BCUT2D eigenvalue weighted by Crippen LogP contribution is 2.30. The van der Waals surface area contributed by atoms with E-state index in [1.807, 2.05) is 0 Å². The van der Waals surface area contributed by atoms with Gasteiger partial charge in [0.05, 0.1) is 0 Å². The van der Waals surface area contributed by atoms with E-state index in [2.05, 4.69) is 0 Å². The molecule has 0 aliphatic carbocycles. The largest absolute Gasteiger partial charge is 0.480 e. The molecule has 1 rings (SSSR count). The number of rotatable bonds is 4. The minimum atomic E-state index is -4.18. The van der Waals surface area contributed by atoms with E-state index in [0.717, 1.165) is 0 Å². The van der Waals surface area contributed by atoms with Gasteiger partial charge < -0.3 is 10.8 Å². The Kier molecular flexibility index (Phi) is 3.28. The number of carbonyl (C=O) groups is 2. The molecule has 0 saturated heterocycles. The van der Waals surface area contributed by atoms with Crippen molar-refractivity contribution in [3.8, 4) is 0 Å². The number of carboxylic acids is 1. The van der Waals surface area contributed by atoms with Gasteiger partial charge in [-0.1, -0.05) is 30.3 Å². The quantitative estimate of drug-likeness (QED) is 0.781. The molecule has 0 aromatic heterocycles. The number of benzene rings is 1. The van der Waals surface area contributed by atoms with Crippen LogP contribution in [0.25, 0.3) is 0 Å². The predicted octanol–water partition coefficient (Wildman–Crippen LogP) is 1.31. The highest BCUT2D eigenvalue weighted by molar-refractivity contribution is 6.05. The Morgan fingerprint density at radius 3 is 2.12 bits per heavy atom. The molecule has 0 aliphatic heterocycles. The maximum atomic E-state index is 13.7. The van der Waals surface area contributed by atoms with Gasteiger partial charge in [0.25, 0.3) is 0 Å². The van der Waals surface area contributed by atoms with E-state index in [4.69, 9.17) is 10.8 Å². The van der Waals surface area contributed by atoms with Crippen LogP contribution in [0.5, 0.6) is 0 Å². The highest BCUT2D eigenvalue weighted by atomic mass is 19.3. The van der Waals surface area contributed by atoms with E-state index >= 15 is 0 Å². The molecule has 3 N–H and O–H groups in total. The van der Waals surface area contributed by atoms with Crippen LogP contribution in [0.1, 0.15) is 17.3 Å². The number of nitrogens with two attached hydrogens (primary N) is 1. The molecule has 0 bridgehead atoms. The van der Waals surface area contributed by atoms with Crippen LogP contribution < -0.4 is 5.73 Å². The monoisotopic (exact) mass is 243 g/mol. The van der Waals surface area contributed by atoms with Crippen molar-refractivity contribution in [3.05, 3.63) is 35.9 Å². The summed E-state index contributed by atoms with van der Waals surface area (Å²) in [6, 6.07) is 6.70. The second kappa shape index (κ2) is 4.21. The van der Waals surface area contributed by atoms with Crippen LogP contribution >= 0.6 is 0 Å². The number of aliphatic carboxylic acids is 1. The fourth-order valence-electron chi connectivity index (χ4n) is 1.14. The molecule has 0 spiro atoms. The van der Waals surface area contributed by atoms with Crippen LogP contribution in [0.15, 0.2) is 30.3 Å². The molecule has 6 heteroatoms. The van der Waals surface area contributed by atoms with Crippen molar-refractivity contribution in [1.82, 2.24) is 0 Å². The summed E-state index contributed by atoms with van der Waals surface area (Å²) in [4.78, 5) is 22.2. The Balaban J connectivity index is 3.16. The van der Waals surface area contributed by atoms with Crippen molar-refractivity contribution < 1.29 is 23.5 Å². The molecule has 0 saturated carbocycles. The van der Waals surface area contributed by atoms with Crippen molar-refractivity contribution in [2.45, 2.75) is 18.4 Å². The number of alkyl halides is 2. The maximum absolute atomic E-state index is 13.7. The fraction of sp³-hybridized carbons (Fsp3) is 0.273. The topological polar surface area (TPSA) is 80.4 Å². The van der Waals surface area contributed by atoms with Crippen molar-refractivity contribution in [3.63, 3.8) is 0 Å². The SMILES string of the molecule is CC(N)(C(=O)O)C(F)(F)C(=O)c1ccccc1. The Bertz CT molecular complexity index is 443. The van der Waals surface area contributed by atoms with Gasteiger partial charge in [-0.2, -0.15) is 8.78 Å². The van der Waals surface area contributed by atoms with Gasteiger partial charge in [-0.25, -0.2) is 4.79 Å². The minimum absolute atomic E-state index is 0.282. The lowest BCUT2D eigenvalue weighted by atomic mass is 9.89. The fourth-order valence-corrected chi connectivity index (χ4v) is 1.14. The zero-order valence-electron chi connectivity index (χ0n) is 8.98. The lowest BCUT2D eigenvalue weighted by Crippen LogP contribution is -2.62. The third-order valence-corrected chi connectivity index (χ3v) is 2.42. The van der Waals surface area contributed by atoms with Crippen molar-refractivity contribution in [2.24, 2.45) is 5.73 Å². The zero-order chi connectivity index (χ0) is 13.3. The molecule has 0 aliphatic rings. The Hall–Kier alpha value is -1.82. The number of halogens is 2. The Morgan fingerprint density at radius 1 is 1.24 bits per heavy atom. The van der Waals surface area contributed by atoms with Crippen molar-refractivity contribution >= 4 is 11.8 Å². The summed E-state index contributed by atoms with van der Waals surface area (Å²) in [6.07, 6.45) is 0. The number of carbonyl (C=O) groups excluding carboxylic acids is 1. The summed E-state index contributed by atoms with van der Waals surface area (Å²) in [5, 5.41) is 8.62. The summed E-state index contributed by atoms with van der Waals surface area (Å²) < 4.78 is 27.4. The smallest absolute Gasteiger partial charge is 0.337 e. The summed E-state index contributed by atoms with van der Waals surface area (Å²) in [6.45, 7) is 0.607. The number of hydrogen-bond acceptors (Lipinski definition) is 3. The molecule has 0 amide bonds. The van der Waals surface area contributed by atoms with Crippen LogP contribution in [0.4, 0.5) is 8.78 Å². The van der Waals surface area contributed by atoms with Gasteiger partial charge in [-0.3, -0.25) is 4.79 Å². The third kappa shape index (κ3) is 2.16. The van der Waals surface area contributed by atoms with Crippen LogP contribution in [0.3, 0.4) is 0 Å². The van der Waals surface area contributed by atoms with Gasteiger partial charge in [0, 0.05) is 5.56 Å². The molecule has 1 aromatic rings. The van der Waals surface area contributed by atoms with E-state index in [9.17, 15) is 18.4 Å². The van der Waals surface area contributed by atoms with Crippen LogP contribution in [-0.4, -0.2) is 28.3 Å². The molecule has 4 nitrogen and oxygen atoms in total. The lowest BCUT2D eigenvalue weighted by Gasteiger charge is -2.28. The van der Waals surface area contributed by atoms with Gasteiger partial charge in [-0.05, 0) is 6.92 Å². The predicted molar refractivity (Wildman–Crippen MR) is 55.9 cm³/mol. The molecule has 17 heavy (non-hydrogen) atoms. The Morgan fingerprint density at radius 2 is 1.71 bits per heavy atom. The average molecular weight is 243 g/mol. The third-order valence-electron chi connectivity index (χ3n) is 2.42. The number of carboxylic acid groups (broad SMARTS) is 1. The van der Waals surface area contributed by atoms with E-state index in [1.165, 1.54) is 24.3 Å². The molecule has 0 fully saturated rings. The van der Waals surface area contributed by atoms with E-state index < -0.39 is 23.2 Å². The Labute approximate surface area is 96.0 Å². The van der Waals surface area contributed by atoms with Crippen LogP contribution in [-0.2, 0) is 4.79 Å². The zero-order valence-corrected chi connectivity index (χ0v) is 8.98. The van der Waals surface area contributed by atoms with Gasteiger partial charge >= 0.3 is 11.9 Å². The first kappa shape index (κ1) is 13.2. The molecule has 0 radical (unpaired) electrons. The molecule has 0 heterocycles. The number of ketones is 1. The summed E-state index contributed by atoms with van der Waals surface area (Å²) in [7, 11) is 0. The second-order valence-electron chi connectivity index (χ2n) is 3.78. The van der Waals surface area contributed by atoms with E-state index in [1.54, 1.807) is 6.07 Å². The molecular formula is C11H11F2NO3. The lowest BCUT2D eigenvalue weighted by molar-refractivity contribution is -0.154. The van der Waals surface area contributed by atoms with Gasteiger partial charge in [0.15, 0.2) is 5.54 Å². The highest BCUT2D eigenvalue weighted by Gasteiger charge is 2.58. The second-order valence-corrected chi connectivity index (χ2v) is 3.78. The molecular weight excluding hydrogens is 232 g/mol. The molecule has 1 aromatic carbocycles. The van der Waals surface area contributed by atoms with E-state index in [-0.39, 0.29) is 5.56 Å². The first-order valence-corrected chi connectivity index (χ1v) is 4.71. The van der Waals surface area contributed by atoms with E-state index in [0.29, 0.717) is 6.92 Å². The van der Waals surface area contributed by atoms with Gasteiger partial charge in [0.1, 0.15) is 0 Å². The van der Waals surface area contributed by atoms with Gasteiger partial charge in [-0.15, -0.1) is 0 Å². The summed E-state index contributed by atoms with van der Waals surface area (Å²) in [5.41, 5.74) is 1.78. The van der Waals surface area contributed by atoms with Crippen LogP contribution in [0.2, 0.25) is 0 Å². The maximum Gasteiger partial charge on any atom is 0.337 e. The molecule has 1 atom stereocenters. The first-order chi connectivity index (χ1) is 7.71. The normalized spacial score (nSPS) is 15.1. The van der Waals surface area contributed by atoms with Crippen molar-refractivity contribution in [2.75, 3.05) is 0 Å².